The van der Waals surface area contributed by atoms with Crippen molar-refractivity contribution >= 4 is 29.5 Å². The van der Waals surface area contributed by atoms with Gasteiger partial charge in [-0.15, -0.1) is 0 Å². The van der Waals surface area contributed by atoms with Crippen LogP contribution in [-0.4, -0.2) is 16.1 Å². The van der Waals surface area contributed by atoms with Crippen molar-refractivity contribution in [3.63, 3.8) is 0 Å². The summed E-state index contributed by atoms with van der Waals surface area (Å²) >= 11 is 5.53. The zero-order valence-electron chi connectivity index (χ0n) is 7.67. The van der Waals surface area contributed by atoms with E-state index in [1.54, 1.807) is 6.92 Å². The topological polar surface area (TPSA) is 17.1 Å². The maximum atomic E-state index is 11.2. The van der Waals surface area contributed by atoms with E-state index in [4.69, 9.17) is 0 Å². The van der Waals surface area contributed by atoms with Crippen LogP contribution in [0.5, 0.6) is 0 Å². The largest absolute Gasteiger partial charge is 0.282 e. The molecule has 0 aromatic rings. The highest BCUT2D eigenvalue weighted by molar-refractivity contribution is 8.14. The van der Waals surface area contributed by atoms with Gasteiger partial charge >= 0.3 is 0 Å². The Morgan fingerprint density at radius 3 is 2.58 bits per heavy atom. The lowest BCUT2D eigenvalue weighted by Gasteiger charge is -2.11. The maximum Gasteiger partial charge on any atom is 0.214 e. The van der Waals surface area contributed by atoms with Gasteiger partial charge in [0.1, 0.15) is 0 Å². The molecule has 1 unspecified atom stereocenters. The Balaban J connectivity index is 3.85. The third kappa shape index (κ3) is 4.88. The highest BCUT2D eigenvalue weighted by Gasteiger charge is 2.11. The molecule has 0 aliphatic rings. The van der Waals surface area contributed by atoms with Crippen molar-refractivity contribution < 1.29 is 4.79 Å². The van der Waals surface area contributed by atoms with E-state index in [1.165, 1.54) is 11.8 Å². The number of hydrogen-bond donors (Lipinski definition) is 1. The number of thiol groups is 1. The molecule has 0 saturated carbocycles. The lowest BCUT2D eigenvalue weighted by Crippen LogP contribution is -2.06. The van der Waals surface area contributed by atoms with Crippen molar-refractivity contribution in [2.45, 2.75) is 31.9 Å². The van der Waals surface area contributed by atoms with E-state index < -0.39 is 0 Å². The molecule has 0 aromatic carbocycles. The number of carbonyl (C=O) groups excluding carboxylic acids is 1. The second-order valence-electron chi connectivity index (χ2n) is 2.73. The van der Waals surface area contributed by atoms with E-state index >= 15 is 0 Å². The molecule has 0 heterocycles. The molecule has 0 saturated heterocycles. The fourth-order valence-electron chi connectivity index (χ4n) is 0.742. The molecular formula is C9H16OS2. The van der Waals surface area contributed by atoms with Crippen molar-refractivity contribution in [1.82, 2.24) is 0 Å². The highest BCUT2D eigenvalue weighted by atomic mass is 32.2. The first-order chi connectivity index (χ1) is 5.61. The highest BCUT2D eigenvalue weighted by Crippen LogP contribution is 2.21. The van der Waals surface area contributed by atoms with Crippen LogP contribution in [0.15, 0.2) is 12.2 Å². The van der Waals surface area contributed by atoms with Crippen LogP contribution in [0.1, 0.15) is 26.7 Å². The third-order valence-corrected chi connectivity index (χ3v) is 3.25. The molecule has 0 rings (SSSR count). The number of carbonyl (C=O) groups is 1. The minimum Gasteiger partial charge on any atom is -0.282 e. The van der Waals surface area contributed by atoms with Gasteiger partial charge in [-0.25, -0.2) is 0 Å². The van der Waals surface area contributed by atoms with Crippen LogP contribution in [0, 0.1) is 0 Å². The van der Waals surface area contributed by atoms with Crippen molar-refractivity contribution in [3.8, 4) is 0 Å². The molecule has 70 valence electrons. The summed E-state index contributed by atoms with van der Waals surface area (Å²) in [7, 11) is 0. The zero-order chi connectivity index (χ0) is 9.56. The van der Waals surface area contributed by atoms with E-state index in [2.05, 4.69) is 26.1 Å². The van der Waals surface area contributed by atoms with Crippen molar-refractivity contribution in [2.75, 3.05) is 5.75 Å². The maximum absolute atomic E-state index is 11.2. The summed E-state index contributed by atoms with van der Waals surface area (Å²) in [5, 5.41) is 0.523. The molecule has 12 heavy (non-hydrogen) atoms. The van der Waals surface area contributed by atoms with Crippen molar-refractivity contribution in [3.05, 3.63) is 12.2 Å². The van der Waals surface area contributed by atoms with E-state index in [1.807, 2.05) is 0 Å². The molecule has 1 nitrogen and oxygen atoms in total. The quantitative estimate of drug-likeness (QED) is 0.548. The Kier molecular flexibility index (Phi) is 6.67. The van der Waals surface area contributed by atoms with Gasteiger partial charge in [0, 0.05) is 5.25 Å². The van der Waals surface area contributed by atoms with E-state index in [0.717, 1.165) is 18.6 Å². The van der Waals surface area contributed by atoms with Crippen LogP contribution < -0.4 is 0 Å². The van der Waals surface area contributed by atoms with Gasteiger partial charge in [-0.2, -0.15) is 12.6 Å². The van der Waals surface area contributed by atoms with Gasteiger partial charge in [-0.1, -0.05) is 25.3 Å². The Morgan fingerprint density at radius 2 is 2.25 bits per heavy atom. The lowest BCUT2D eigenvalue weighted by molar-refractivity contribution is -0.107. The molecule has 0 N–H and O–H groups in total. The SMILES string of the molecule is C=C(C)C(=O)SC(CC)CCS. The van der Waals surface area contributed by atoms with Crippen LogP contribution >= 0.6 is 24.4 Å². The Labute approximate surface area is 84.4 Å². The Hall–Kier alpha value is 0.110. The molecule has 0 fully saturated rings. The minimum atomic E-state index is 0.114. The first kappa shape index (κ1) is 12.1. The molecule has 3 heteroatoms. The molecule has 0 aromatic heterocycles. The molecule has 0 bridgehead atoms. The van der Waals surface area contributed by atoms with E-state index in [9.17, 15) is 4.79 Å². The normalized spacial score (nSPS) is 12.6. The molecule has 0 spiro atoms. The molecule has 0 aliphatic carbocycles. The summed E-state index contributed by atoms with van der Waals surface area (Å²) in [6, 6.07) is 0. The van der Waals surface area contributed by atoms with Gasteiger partial charge in [-0.05, 0) is 31.1 Å². The predicted molar refractivity (Wildman–Crippen MR) is 60.0 cm³/mol. The Morgan fingerprint density at radius 1 is 1.67 bits per heavy atom. The molecule has 0 amide bonds. The number of hydrogen-bond acceptors (Lipinski definition) is 3. The third-order valence-electron chi connectivity index (χ3n) is 1.53. The van der Waals surface area contributed by atoms with Gasteiger partial charge in [0.05, 0.1) is 0 Å². The first-order valence-corrected chi connectivity index (χ1v) is 5.60. The standard InChI is InChI=1S/C9H16OS2/c1-4-8(5-6-11)12-9(10)7(2)3/h8,11H,2,4-6H2,1,3H3. The first-order valence-electron chi connectivity index (χ1n) is 4.09. The van der Waals surface area contributed by atoms with E-state index in [-0.39, 0.29) is 5.12 Å². The fraction of sp³-hybridized carbons (Fsp3) is 0.667. The summed E-state index contributed by atoms with van der Waals surface area (Å²) < 4.78 is 0. The van der Waals surface area contributed by atoms with Gasteiger partial charge in [-0.3, -0.25) is 4.79 Å². The second-order valence-corrected chi connectivity index (χ2v) is 4.45. The average Bonchev–Trinajstić information content (AvgIpc) is 2.03. The van der Waals surface area contributed by atoms with Crippen LogP contribution in [0.4, 0.5) is 0 Å². The van der Waals surface area contributed by atoms with Crippen LogP contribution in [0.25, 0.3) is 0 Å². The summed E-state index contributed by atoms with van der Waals surface area (Å²) in [5.74, 6) is 0.842. The summed E-state index contributed by atoms with van der Waals surface area (Å²) in [6.45, 7) is 7.46. The summed E-state index contributed by atoms with van der Waals surface area (Å²) in [4.78, 5) is 11.2. The number of thioether (sulfide) groups is 1. The summed E-state index contributed by atoms with van der Waals surface area (Å²) in [5.41, 5.74) is 0.637. The van der Waals surface area contributed by atoms with Crippen molar-refractivity contribution in [1.29, 1.82) is 0 Å². The lowest BCUT2D eigenvalue weighted by atomic mass is 10.3. The van der Waals surface area contributed by atoms with Gasteiger partial charge in [0.25, 0.3) is 0 Å². The molecule has 1 atom stereocenters. The predicted octanol–water partition coefficient (Wildman–Crippen LogP) is 2.92. The smallest absolute Gasteiger partial charge is 0.214 e. The van der Waals surface area contributed by atoms with Gasteiger partial charge < -0.3 is 0 Å². The zero-order valence-corrected chi connectivity index (χ0v) is 9.38. The van der Waals surface area contributed by atoms with Crippen LogP contribution in [-0.2, 0) is 4.79 Å². The van der Waals surface area contributed by atoms with E-state index in [0.29, 0.717) is 10.8 Å². The van der Waals surface area contributed by atoms with Crippen LogP contribution in [0.3, 0.4) is 0 Å². The fourth-order valence-corrected chi connectivity index (χ4v) is 2.14. The molecular weight excluding hydrogens is 188 g/mol. The minimum absolute atomic E-state index is 0.114. The monoisotopic (exact) mass is 204 g/mol. The molecule has 0 radical (unpaired) electrons. The van der Waals surface area contributed by atoms with Crippen molar-refractivity contribution in [2.24, 2.45) is 0 Å². The van der Waals surface area contributed by atoms with Crippen LogP contribution in [0.2, 0.25) is 0 Å². The number of rotatable bonds is 5. The Bertz CT molecular complexity index is 166. The van der Waals surface area contributed by atoms with Gasteiger partial charge in [0.2, 0.25) is 5.12 Å². The molecule has 0 aliphatic heterocycles. The summed E-state index contributed by atoms with van der Waals surface area (Å²) in [6.07, 6.45) is 2.01. The second kappa shape index (κ2) is 6.61. The van der Waals surface area contributed by atoms with Gasteiger partial charge in [0.15, 0.2) is 0 Å². The average molecular weight is 204 g/mol.